The monoisotopic (exact) mass is 380 g/mol. The Morgan fingerprint density at radius 2 is 1.04 bits per heavy atom. The van der Waals surface area contributed by atoms with Gasteiger partial charge in [0.1, 0.15) is 5.33 Å². The predicted molar refractivity (Wildman–Crippen MR) is 99.1 cm³/mol. The molecule has 0 aliphatic heterocycles. The van der Waals surface area contributed by atoms with Gasteiger partial charge in [-0.1, -0.05) is 107 Å². The van der Waals surface area contributed by atoms with Crippen molar-refractivity contribution in [2.75, 3.05) is 5.33 Å². The molecule has 0 atom stereocenters. The molecular formula is C21H17BrO2. The minimum absolute atomic E-state index is 0.140. The first-order valence-corrected chi connectivity index (χ1v) is 8.84. The van der Waals surface area contributed by atoms with E-state index in [0.717, 1.165) is 16.7 Å². The zero-order chi connectivity index (χ0) is 16.8. The zero-order valence-electron chi connectivity index (χ0n) is 13.1. The maximum Gasteiger partial charge on any atom is 0.318 e. The summed E-state index contributed by atoms with van der Waals surface area (Å²) in [5, 5.41) is 0.140. The van der Waals surface area contributed by atoms with E-state index in [1.165, 1.54) is 0 Å². The predicted octanol–water partition coefficient (Wildman–Crippen LogP) is 4.92. The highest BCUT2D eigenvalue weighted by Crippen LogP contribution is 2.40. The summed E-state index contributed by atoms with van der Waals surface area (Å²) in [6, 6.07) is 29.5. The second kappa shape index (κ2) is 7.45. The van der Waals surface area contributed by atoms with Crippen LogP contribution in [0.5, 0.6) is 0 Å². The molecule has 0 aliphatic rings. The van der Waals surface area contributed by atoms with Gasteiger partial charge in [-0.05, 0) is 0 Å². The summed E-state index contributed by atoms with van der Waals surface area (Å²) in [4.78, 5) is 12.3. The average molecular weight is 381 g/mol. The van der Waals surface area contributed by atoms with Crippen LogP contribution in [0, 0.1) is 0 Å². The van der Waals surface area contributed by atoms with Gasteiger partial charge in [0.25, 0.3) is 0 Å². The van der Waals surface area contributed by atoms with Crippen molar-refractivity contribution >= 4 is 21.9 Å². The Labute approximate surface area is 150 Å². The molecule has 3 rings (SSSR count). The third-order valence-electron chi connectivity index (χ3n) is 3.92. The number of hydrogen-bond acceptors (Lipinski definition) is 2. The average Bonchev–Trinajstić information content (AvgIpc) is 2.68. The molecule has 24 heavy (non-hydrogen) atoms. The van der Waals surface area contributed by atoms with Gasteiger partial charge < -0.3 is 4.74 Å². The second-order valence-electron chi connectivity index (χ2n) is 5.39. The van der Waals surface area contributed by atoms with Crippen LogP contribution in [0.1, 0.15) is 16.7 Å². The third-order valence-corrected chi connectivity index (χ3v) is 4.37. The molecule has 3 aromatic rings. The summed E-state index contributed by atoms with van der Waals surface area (Å²) in [5.74, 6) is -0.313. The zero-order valence-corrected chi connectivity index (χ0v) is 14.6. The molecule has 3 aromatic carbocycles. The standard InChI is InChI=1S/C21H17BrO2/c22-16-20(23)24-21(17-10-4-1-5-11-17,18-12-6-2-7-13-18)19-14-8-3-9-15-19/h1-15H,16H2. The van der Waals surface area contributed by atoms with Gasteiger partial charge in [0.05, 0.1) is 0 Å². The van der Waals surface area contributed by atoms with Crippen molar-refractivity contribution in [3.63, 3.8) is 0 Å². The fourth-order valence-corrected chi connectivity index (χ4v) is 3.01. The fourth-order valence-electron chi connectivity index (χ4n) is 2.89. The Hall–Kier alpha value is -2.39. The van der Waals surface area contributed by atoms with Crippen LogP contribution < -0.4 is 0 Å². The molecule has 0 spiro atoms. The molecule has 0 radical (unpaired) electrons. The van der Waals surface area contributed by atoms with Crippen LogP contribution in [0.4, 0.5) is 0 Å². The van der Waals surface area contributed by atoms with Gasteiger partial charge in [-0.25, -0.2) is 0 Å². The number of halogens is 1. The summed E-state index contributed by atoms with van der Waals surface area (Å²) in [5.41, 5.74) is 1.76. The molecule has 0 aliphatic carbocycles. The van der Waals surface area contributed by atoms with Crippen molar-refractivity contribution in [3.05, 3.63) is 108 Å². The van der Waals surface area contributed by atoms with Gasteiger partial charge in [0, 0.05) is 16.7 Å². The SMILES string of the molecule is O=C(CBr)OC(c1ccccc1)(c1ccccc1)c1ccccc1. The van der Waals surface area contributed by atoms with Crippen molar-refractivity contribution in [1.29, 1.82) is 0 Å². The first kappa shape index (κ1) is 16.5. The van der Waals surface area contributed by atoms with Crippen LogP contribution in [0.25, 0.3) is 0 Å². The molecule has 0 aromatic heterocycles. The number of carbonyl (C=O) groups excluding carboxylic acids is 1. The molecular weight excluding hydrogens is 364 g/mol. The summed E-state index contributed by atoms with van der Waals surface area (Å²) in [6.07, 6.45) is 0. The number of esters is 1. The molecule has 0 saturated carbocycles. The number of hydrogen-bond donors (Lipinski definition) is 0. The maximum absolute atomic E-state index is 12.3. The van der Waals surface area contributed by atoms with Crippen molar-refractivity contribution in [2.24, 2.45) is 0 Å². The lowest BCUT2D eigenvalue weighted by atomic mass is 9.80. The van der Waals surface area contributed by atoms with E-state index in [4.69, 9.17) is 4.74 Å². The Balaban J connectivity index is 2.30. The summed E-state index contributed by atoms with van der Waals surface area (Å²) < 4.78 is 6.06. The number of benzene rings is 3. The summed E-state index contributed by atoms with van der Waals surface area (Å²) in [7, 11) is 0. The van der Waals surface area contributed by atoms with Crippen molar-refractivity contribution in [1.82, 2.24) is 0 Å². The number of alkyl halides is 1. The van der Waals surface area contributed by atoms with Crippen LogP contribution in [0.3, 0.4) is 0 Å². The van der Waals surface area contributed by atoms with Crippen LogP contribution in [-0.2, 0) is 15.1 Å². The summed E-state index contributed by atoms with van der Waals surface area (Å²) >= 11 is 3.21. The fraction of sp³-hybridized carbons (Fsp3) is 0.0952. The molecule has 0 N–H and O–H groups in total. The number of rotatable bonds is 5. The van der Waals surface area contributed by atoms with Crippen LogP contribution in [0.15, 0.2) is 91.0 Å². The Morgan fingerprint density at radius 3 is 1.33 bits per heavy atom. The van der Waals surface area contributed by atoms with E-state index in [1.54, 1.807) is 0 Å². The molecule has 120 valence electrons. The Bertz CT molecular complexity index is 689. The van der Waals surface area contributed by atoms with Gasteiger partial charge in [-0.3, -0.25) is 4.79 Å². The minimum Gasteiger partial charge on any atom is -0.444 e. The highest BCUT2D eigenvalue weighted by Gasteiger charge is 2.40. The van der Waals surface area contributed by atoms with E-state index >= 15 is 0 Å². The molecule has 0 unspecified atom stereocenters. The molecule has 0 heterocycles. The Kier molecular flexibility index (Phi) is 5.11. The molecule has 2 nitrogen and oxygen atoms in total. The molecule has 0 saturated heterocycles. The highest BCUT2D eigenvalue weighted by atomic mass is 79.9. The number of ether oxygens (including phenoxy) is 1. The van der Waals surface area contributed by atoms with Gasteiger partial charge in [-0.15, -0.1) is 0 Å². The topological polar surface area (TPSA) is 26.3 Å². The van der Waals surface area contributed by atoms with Gasteiger partial charge >= 0.3 is 5.97 Å². The normalized spacial score (nSPS) is 11.0. The lowest BCUT2D eigenvalue weighted by molar-refractivity contribution is -0.149. The van der Waals surface area contributed by atoms with E-state index in [2.05, 4.69) is 15.9 Å². The van der Waals surface area contributed by atoms with Crippen molar-refractivity contribution in [2.45, 2.75) is 5.60 Å². The Morgan fingerprint density at radius 1 is 0.708 bits per heavy atom. The van der Waals surface area contributed by atoms with Crippen LogP contribution in [0.2, 0.25) is 0 Å². The first-order chi connectivity index (χ1) is 11.8. The van der Waals surface area contributed by atoms with Crippen LogP contribution in [-0.4, -0.2) is 11.3 Å². The molecule has 3 heteroatoms. The molecule has 0 bridgehead atoms. The van der Waals surface area contributed by atoms with E-state index < -0.39 is 5.60 Å². The van der Waals surface area contributed by atoms with Crippen LogP contribution >= 0.6 is 15.9 Å². The number of carbonyl (C=O) groups is 1. The highest BCUT2D eigenvalue weighted by molar-refractivity contribution is 9.09. The van der Waals surface area contributed by atoms with E-state index in [0.29, 0.717) is 0 Å². The van der Waals surface area contributed by atoms with Crippen molar-refractivity contribution in [3.8, 4) is 0 Å². The van der Waals surface area contributed by atoms with E-state index in [9.17, 15) is 4.79 Å². The lowest BCUT2D eigenvalue weighted by Crippen LogP contribution is -2.35. The maximum atomic E-state index is 12.3. The van der Waals surface area contributed by atoms with Gasteiger partial charge in [0.15, 0.2) is 5.60 Å². The lowest BCUT2D eigenvalue weighted by Gasteiger charge is -2.35. The second-order valence-corrected chi connectivity index (χ2v) is 5.95. The first-order valence-electron chi connectivity index (χ1n) is 7.72. The van der Waals surface area contributed by atoms with Gasteiger partial charge in [0.2, 0.25) is 0 Å². The van der Waals surface area contributed by atoms with E-state index in [1.807, 2.05) is 91.0 Å². The minimum atomic E-state index is -0.978. The third kappa shape index (κ3) is 3.13. The molecule has 0 fully saturated rings. The smallest absolute Gasteiger partial charge is 0.318 e. The quantitative estimate of drug-likeness (QED) is 0.356. The summed E-state index contributed by atoms with van der Waals surface area (Å²) in [6.45, 7) is 0. The van der Waals surface area contributed by atoms with Gasteiger partial charge in [-0.2, -0.15) is 0 Å². The molecule has 0 amide bonds. The largest absolute Gasteiger partial charge is 0.444 e. The van der Waals surface area contributed by atoms with E-state index in [-0.39, 0.29) is 11.3 Å². The van der Waals surface area contributed by atoms with Crippen molar-refractivity contribution < 1.29 is 9.53 Å².